The van der Waals surface area contributed by atoms with Crippen LogP contribution in [0.25, 0.3) is 0 Å². The van der Waals surface area contributed by atoms with Crippen molar-refractivity contribution in [1.82, 2.24) is 14.7 Å². The first-order valence-electron chi connectivity index (χ1n) is 6.17. The van der Waals surface area contributed by atoms with Crippen molar-refractivity contribution in [2.24, 2.45) is 0 Å². The van der Waals surface area contributed by atoms with Gasteiger partial charge in [-0.1, -0.05) is 0 Å². The van der Waals surface area contributed by atoms with Crippen molar-refractivity contribution in [3.8, 4) is 0 Å². The van der Waals surface area contributed by atoms with Crippen LogP contribution in [-0.2, 0) is 14.3 Å². The van der Waals surface area contributed by atoms with Crippen LogP contribution in [0.5, 0.6) is 0 Å². The zero-order valence-electron chi connectivity index (χ0n) is 10.4. The Morgan fingerprint density at radius 3 is 2.67 bits per heavy atom. The molecule has 2 heterocycles. The molecule has 0 aliphatic carbocycles. The number of nitrogens with zero attached hydrogens (tertiary/aromatic N) is 3. The van der Waals surface area contributed by atoms with E-state index in [4.69, 9.17) is 4.74 Å². The smallest absolute Gasteiger partial charge is 0.397 e. The number of hydrogen-bond donors (Lipinski definition) is 0. The lowest BCUT2D eigenvalue weighted by Gasteiger charge is -2.31. The van der Waals surface area contributed by atoms with Crippen LogP contribution < -0.4 is 0 Å². The molecule has 6 nitrogen and oxygen atoms in total. The number of aromatic nitrogens is 2. The van der Waals surface area contributed by atoms with Crippen LogP contribution in [0.15, 0.2) is 18.5 Å². The second-order valence-electron chi connectivity index (χ2n) is 4.23. The van der Waals surface area contributed by atoms with E-state index < -0.39 is 11.9 Å². The Morgan fingerprint density at radius 2 is 2.11 bits per heavy atom. The Kier molecular flexibility index (Phi) is 3.96. The highest BCUT2D eigenvalue weighted by molar-refractivity contribution is 6.32. The molecular weight excluding hydrogens is 234 g/mol. The van der Waals surface area contributed by atoms with E-state index in [0.29, 0.717) is 19.1 Å². The van der Waals surface area contributed by atoms with E-state index in [0.717, 1.165) is 12.8 Å². The first-order valence-corrected chi connectivity index (χ1v) is 6.17. The van der Waals surface area contributed by atoms with Gasteiger partial charge in [-0.2, -0.15) is 5.10 Å². The third kappa shape index (κ3) is 2.69. The van der Waals surface area contributed by atoms with Crippen molar-refractivity contribution in [3.05, 3.63) is 18.5 Å². The summed E-state index contributed by atoms with van der Waals surface area (Å²) in [6.07, 6.45) is 5.29. The molecule has 0 aromatic carbocycles. The lowest BCUT2D eigenvalue weighted by Crippen LogP contribution is -2.43. The fourth-order valence-electron chi connectivity index (χ4n) is 2.15. The minimum absolute atomic E-state index is 0.230. The maximum Gasteiger partial charge on any atom is 0.397 e. The lowest BCUT2D eigenvalue weighted by atomic mass is 10.1. The molecule has 1 saturated heterocycles. The maximum absolute atomic E-state index is 11.7. The molecule has 1 amide bonds. The average molecular weight is 251 g/mol. The highest BCUT2D eigenvalue weighted by Crippen LogP contribution is 2.21. The van der Waals surface area contributed by atoms with Crippen LogP contribution in [0, 0.1) is 0 Å². The van der Waals surface area contributed by atoms with Crippen molar-refractivity contribution >= 4 is 11.9 Å². The van der Waals surface area contributed by atoms with Crippen molar-refractivity contribution in [3.63, 3.8) is 0 Å². The Labute approximate surface area is 106 Å². The highest BCUT2D eigenvalue weighted by Gasteiger charge is 2.28. The molecule has 1 aromatic rings. The van der Waals surface area contributed by atoms with Gasteiger partial charge in [-0.3, -0.25) is 9.48 Å². The molecular formula is C12H17N3O3. The minimum Gasteiger partial charge on any atom is -0.459 e. The summed E-state index contributed by atoms with van der Waals surface area (Å²) in [5, 5.41) is 4.20. The highest BCUT2D eigenvalue weighted by atomic mass is 16.5. The van der Waals surface area contributed by atoms with Gasteiger partial charge < -0.3 is 9.64 Å². The molecule has 98 valence electrons. The molecule has 18 heavy (non-hydrogen) atoms. The summed E-state index contributed by atoms with van der Waals surface area (Å²) in [7, 11) is 0. The lowest BCUT2D eigenvalue weighted by molar-refractivity contribution is -0.160. The van der Waals surface area contributed by atoms with Crippen LogP contribution in [0.3, 0.4) is 0 Å². The predicted molar refractivity (Wildman–Crippen MR) is 63.7 cm³/mol. The molecule has 0 atom stereocenters. The molecule has 0 unspecified atom stereocenters. The first-order chi connectivity index (χ1) is 8.72. The Balaban J connectivity index is 1.87. The van der Waals surface area contributed by atoms with Crippen molar-refractivity contribution in [1.29, 1.82) is 0 Å². The summed E-state index contributed by atoms with van der Waals surface area (Å²) in [4.78, 5) is 24.6. The molecule has 2 rings (SSSR count). The van der Waals surface area contributed by atoms with Crippen LogP contribution in [0.1, 0.15) is 25.8 Å². The topological polar surface area (TPSA) is 64.4 Å². The maximum atomic E-state index is 11.7. The van der Waals surface area contributed by atoms with Crippen molar-refractivity contribution in [2.75, 3.05) is 19.7 Å². The van der Waals surface area contributed by atoms with E-state index in [9.17, 15) is 9.59 Å². The van der Waals surface area contributed by atoms with Gasteiger partial charge in [0.25, 0.3) is 0 Å². The third-order valence-corrected chi connectivity index (χ3v) is 3.10. The second kappa shape index (κ2) is 5.66. The number of hydrogen-bond acceptors (Lipinski definition) is 4. The number of amides is 1. The van der Waals surface area contributed by atoms with Gasteiger partial charge in [0, 0.05) is 25.5 Å². The number of piperidine rings is 1. The molecule has 1 aromatic heterocycles. The summed E-state index contributed by atoms with van der Waals surface area (Å²) in [5.74, 6) is -1.29. The van der Waals surface area contributed by atoms with E-state index >= 15 is 0 Å². The minimum atomic E-state index is -0.755. The van der Waals surface area contributed by atoms with Gasteiger partial charge in [-0.25, -0.2) is 4.79 Å². The normalized spacial score (nSPS) is 16.6. The van der Waals surface area contributed by atoms with Crippen molar-refractivity contribution < 1.29 is 14.3 Å². The van der Waals surface area contributed by atoms with Crippen LogP contribution >= 0.6 is 0 Å². The molecule has 1 aliphatic heterocycles. The molecule has 0 saturated carbocycles. The largest absolute Gasteiger partial charge is 0.459 e. The van der Waals surface area contributed by atoms with Gasteiger partial charge in [0.2, 0.25) is 0 Å². The molecule has 0 spiro atoms. The van der Waals surface area contributed by atoms with Crippen LogP contribution in [0.2, 0.25) is 0 Å². The molecule has 0 radical (unpaired) electrons. The number of likely N-dealkylation sites (tertiary alicyclic amines) is 1. The molecule has 1 fully saturated rings. The Bertz CT molecular complexity index is 408. The fourth-order valence-corrected chi connectivity index (χ4v) is 2.15. The van der Waals surface area contributed by atoms with Gasteiger partial charge in [0.05, 0.1) is 12.6 Å². The zero-order valence-corrected chi connectivity index (χ0v) is 10.4. The number of carbonyl (C=O) groups is 2. The third-order valence-electron chi connectivity index (χ3n) is 3.10. The molecule has 1 aliphatic rings. The van der Waals surface area contributed by atoms with Crippen LogP contribution in [0.4, 0.5) is 0 Å². The SMILES string of the molecule is CCOC(=O)C(=O)N1CCC(n2cccn2)CC1. The van der Waals surface area contributed by atoms with E-state index in [1.54, 1.807) is 18.0 Å². The molecule has 0 N–H and O–H groups in total. The summed E-state index contributed by atoms with van der Waals surface area (Å²) in [6, 6.07) is 2.20. The first kappa shape index (κ1) is 12.6. The second-order valence-corrected chi connectivity index (χ2v) is 4.23. The number of ether oxygens (including phenoxy) is 1. The number of rotatable bonds is 2. The zero-order chi connectivity index (χ0) is 13.0. The average Bonchev–Trinajstić information content (AvgIpc) is 2.92. The molecule has 6 heteroatoms. The standard InChI is InChI=1S/C12H17N3O3/c1-2-18-12(17)11(16)14-8-4-10(5-9-14)15-7-3-6-13-15/h3,6-7,10H,2,4-5,8-9H2,1H3. The summed E-state index contributed by atoms with van der Waals surface area (Å²) >= 11 is 0. The van der Waals surface area contributed by atoms with Crippen LogP contribution in [-0.4, -0.2) is 46.3 Å². The summed E-state index contributed by atoms with van der Waals surface area (Å²) in [6.45, 7) is 3.06. The van der Waals surface area contributed by atoms with Gasteiger partial charge in [0.1, 0.15) is 0 Å². The van der Waals surface area contributed by atoms with Gasteiger partial charge >= 0.3 is 11.9 Å². The van der Waals surface area contributed by atoms with Gasteiger partial charge in [-0.15, -0.1) is 0 Å². The number of carbonyl (C=O) groups excluding carboxylic acids is 2. The van der Waals surface area contributed by atoms with E-state index in [2.05, 4.69) is 5.10 Å². The van der Waals surface area contributed by atoms with Gasteiger partial charge in [0.15, 0.2) is 0 Å². The Morgan fingerprint density at radius 1 is 1.39 bits per heavy atom. The van der Waals surface area contributed by atoms with E-state index in [-0.39, 0.29) is 6.61 Å². The predicted octanol–water partition coefficient (Wildman–Crippen LogP) is 0.610. The van der Waals surface area contributed by atoms with E-state index in [1.807, 2.05) is 16.9 Å². The van der Waals surface area contributed by atoms with Gasteiger partial charge in [-0.05, 0) is 25.8 Å². The number of esters is 1. The Hall–Kier alpha value is -1.85. The molecule has 0 bridgehead atoms. The fraction of sp³-hybridized carbons (Fsp3) is 0.583. The quantitative estimate of drug-likeness (QED) is 0.570. The summed E-state index contributed by atoms with van der Waals surface area (Å²) in [5.41, 5.74) is 0. The van der Waals surface area contributed by atoms with Crippen molar-refractivity contribution in [2.45, 2.75) is 25.8 Å². The monoisotopic (exact) mass is 251 g/mol. The summed E-state index contributed by atoms with van der Waals surface area (Å²) < 4.78 is 6.62. The van der Waals surface area contributed by atoms with E-state index in [1.165, 1.54) is 0 Å².